The Morgan fingerprint density at radius 3 is 2.52 bits per heavy atom. The Morgan fingerprint density at radius 1 is 1.15 bits per heavy atom. The average molecular weight is 370 g/mol. The summed E-state index contributed by atoms with van der Waals surface area (Å²) < 4.78 is 17.8. The number of methoxy groups -OCH3 is 1. The van der Waals surface area contributed by atoms with Crippen molar-refractivity contribution in [3.63, 3.8) is 0 Å². The molecule has 2 aromatic heterocycles. The summed E-state index contributed by atoms with van der Waals surface area (Å²) in [7, 11) is 1.59. The molecule has 0 unspecified atom stereocenters. The van der Waals surface area contributed by atoms with Gasteiger partial charge in [0, 0.05) is 25.2 Å². The average Bonchev–Trinajstić information content (AvgIpc) is 3.18. The van der Waals surface area contributed by atoms with Crippen LogP contribution in [0.1, 0.15) is 40.8 Å². The Bertz CT molecular complexity index is 1050. The van der Waals surface area contributed by atoms with Gasteiger partial charge in [0.25, 0.3) is 5.91 Å². The van der Waals surface area contributed by atoms with Crippen molar-refractivity contribution in [1.82, 2.24) is 9.47 Å². The number of carbonyl (C=O) groups is 1. The summed E-state index contributed by atoms with van der Waals surface area (Å²) in [5.41, 5.74) is 1.89. The third-order valence-corrected chi connectivity index (χ3v) is 5.21. The fourth-order valence-electron chi connectivity index (χ4n) is 3.83. The number of likely N-dealkylation sites (tertiary alicyclic amines) is 1. The van der Waals surface area contributed by atoms with E-state index in [1.807, 2.05) is 17.9 Å². The first-order valence-electron chi connectivity index (χ1n) is 9.03. The fraction of sp³-hybridized carbons (Fsp3) is 0.400. The molecule has 0 radical (unpaired) electrons. The molecule has 7 nitrogen and oxygen atoms in total. The number of oxazole rings is 1. The van der Waals surface area contributed by atoms with Crippen LogP contribution in [0.3, 0.4) is 0 Å². The van der Waals surface area contributed by atoms with Crippen LogP contribution in [0.4, 0.5) is 0 Å². The van der Waals surface area contributed by atoms with E-state index >= 15 is 0 Å². The van der Waals surface area contributed by atoms with Gasteiger partial charge in [0.15, 0.2) is 5.58 Å². The second kappa shape index (κ2) is 6.64. The first-order valence-corrected chi connectivity index (χ1v) is 9.03. The minimum atomic E-state index is -0.371. The number of furan rings is 1. The molecule has 0 saturated carbocycles. The van der Waals surface area contributed by atoms with E-state index in [4.69, 9.17) is 13.6 Å². The topological polar surface area (TPSA) is 77.8 Å². The van der Waals surface area contributed by atoms with Crippen molar-refractivity contribution in [2.75, 3.05) is 20.2 Å². The molecule has 142 valence electrons. The maximum Gasteiger partial charge on any atom is 0.420 e. The summed E-state index contributed by atoms with van der Waals surface area (Å²) >= 11 is 0. The minimum Gasteiger partial charge on any atom is -0.497 e. The number of hydrogen-bond donors (Lipinski definition) is 0. The van der Waals surface area contributed by atoms with Crippen LogP contribution in [0.25, 0.3) is 11.1 Å². The summed E-state index contributed by atoms with van der Waals surface area (Å²) in [6.45, 7) is 4.80. The Morgan fingerprint density at radius 2 is 1.89 bits per heavy atom. The van der Waals surface area contributed by atoms with E-state index in [9.17, 15) is 9.59 Å². The quantitative estimate of drug-likeness (QED) is 0.707. The maximum absolute atomic E-state index is 12.8. The molecule has 1 aliphatic heterocycles. The lowest BCUT2D eigenvalue weighted by Gasteiger charge is -2.32. The molecule has 0 aliphatic carbocycles. The molecule has 7 heteroatoms. The molecular weight excluding hydrogens is 348 g/mol. The molecule has 1 aliphatic rings. The summed E-state index contributed by atoms with van der Waals surface area (Å²) in [6, 6.07) is 7.10. The molecule has 1 saturated heterocycles. The van der Waals surface area contributed by atoms with Crippen molar-refractivity contribution >= 4 is 17.0 Å². The van der Waals surface area contributed by atoms with E-state index in [-0.39, 0.29) is 17.7 Å². The number of rotatable bonds is 3. The normalized spacial score (nSPS) is 15.4. The lowest BCUT2D eigenvalue weighted by Crippen LogP contribution is -2.40. The first-order chi connectivity index (χ1) is 13.0. The molecule has 27 heavy (non-hydrogen) atoms. The number of piperidine rings is 1. The zero-order chi connectivity index (χ0) is 19.1. The molecule has 1 fully saturated rings. The number of benzene rings is 1. The monoisotopic (exact) mass is 370 g/mol. The van der Waals surface area contributed by atoms with Gasteiger partial charge in [-0.05, 0) is 44.9 Å². The summed E-state index contributed by atoms with van der Waals surface area (Å²) in [4.78, 5) is 27.0. The van der Waals surface area contributed by atoms with Crippen molar-refractivity contribution in [1.29, 1.82) is 0 Å². The standard InChI is InChI=1S/C20H22N2O5/c1-12-10-16(13(2)26-12)19(23)21-8-6-14(7-9-21)22-17-11-15(25-3)4-5-18(17)27-20(22)24/h4-5,10-11,14H,6-9H2,1-3H3. The fourth-order valence-corrected chi connectivity index (χ4v) is 3.83. The van der Waals surface area contributed by atoms with Crippen LogP contribution in [0.5, 0.6) is 5.75 Å². The molecule has 1 amide bonds. The Kier molecular flexibility index (Phi) is 4.30. The third kappa shape index (κ3) is 3.03. The highest BCUT2D eigenvalue weighted by atomic mass is 16.5. The number of aromatic nitrogens is 1. The SMILES string of the molecule is COc1ccc2oc(=O)n(C3CCN(C(=O)c4cc(C)oc4C)CC3)c2c1. The Balaban J connectivity index is 1.55. The predicted molar refractivity (Wildman–Crippen MR) is 99.4 cm³/mol. The predicted octanol–water partition coefficient (Wildman–Crippen LogP) is 3.29. The summed E-state index contributed by atoms with van der Waals surface area (Å²) in [6.07, 6.45) is 1.38. The van der Waals surface area contributed by atoms with Crippen LogP contribution in [0, 0.1) is 13.8 Å². The summed E-state index contributed by atoms with van der Waals surface area (Å²) in [5, 5.41) is 0. The highest BCUT2D eigenvalue weighted by Crippen LogP contribution is 2.29. The molecule has 0 spiro atoms. The van der Waals surface area contributed by atoms with Gasteiger partial charge in [-0.15, -0.1) is 0 Å². The van der Waals surface area contributed by atoms with E-state index in [1.165, 1.54) is 0 Å². The zero-order valence-electron chi connectivity index (χ0n) is 15.7. The van der Waals surface area contributed by atoms with E-state index < -0.39 is 0 Å². The van der Waals surface area contributed by atoms with Gasteiger partial charge in [0.2, 0.25) is 0 Å². The van der Waals surface area contributed by atoms with Crippen LogP contribution in [-0.4, -0.2) is 35.6 Å². The second-order valence-corrected chi connectivity index (χ2v) is 6.92. The van der Waals surface area contributed by atoms with Crippen LogP contribution in [0.15, 0.2) is 37.9 Å². The number of ether oxygens (including phenoxy) is 1. The van der Waals surface area contributed by atoms with Gasteiger partial charge in [-0.3, -0.25) is 9.36 Å². The van der Waals surface area contributed by atoms with Gasteiger partial charge in [0.05, 0.1) is 18.2 Å². The van der Waals surface area contributed by atoms with E-state index in [0.717, 1.165) is 11.3 Å². The lowest BCUT2D eigenvalue weighted by atomic mass is 10.0. The molecule has 1 aromatic carbocycles. The Hall–Kier alpha value is -2.96. The number of aryl methyl sites for hydroxylation is 2. The summed E-state index contributed by atoms with van der Waals surface area (Å²) in [5.74, 6) is 1.66. The number of hydrogen-bond acceptors (Lipinski definition) is 5. The van der Waals surface area contributed by atoms with Gasteiger partial charge in [0.1, 0.15) is 17.3 Å². The molecule has 0 N–H and O–H groups in total. The van der Waals surface area contributed by atoms with Crippen molar-refractivity contribution in [3.8, 4) is 5.75 Å². The number of amides is 1. The Labute approximate surface area is 156 Å². The largest absolute Gasteiger partial charge is 0.497 e. The van der Waals surface area contributed by atoms with Crippen LogP contribution >= 0.6 is 0 Å². The van der Waals surface area contributed by atoms with E-state index in [1.54, 1.807) is 36.8 Å². The molecule has 3 aromatic rings. The zero-order valence-corrected chi connectivity index (χ0v) is 15.7. The first kappa shape index (κ1) is 17.5. The maximum atomic E-state index is 12.8. The van der Waals surface area contributed by atoms with Gasteiger partial charge in [-0.1, -0.05) is 0 Å². The molecule has 3 heterocycles. The smallest absolute Gasteiger partial charge is 0.420 e. The minimum absolute atomic E-state index is 0.0120. The molecule has 0 bridgehead atoms. The molecular formula is C20H22N2O5. The number of fused-ring (bicyclic) bond motifs is 1. The van der Waals surface area contributed by atoms with Crippen LogP contribution in [0.2, 0.25) is 0 Å². The van der Waals surface area contributed by atoms with Crippen molar-refractivity contribution < 1.29 is 18.4 Å². The lowest BCUT2D eigenvalue weighted by molar-refractivity contribution is 0.0692. The van der Waals surface area contributed by atoms with Gasteiger partial charge >= 0.3 is 5.76 Å². The van der Waals surface area contributed by atoms with Crippen LogP contribution in [-0.2, 0) is 0 Å². The van der Waals surface area contributed by atoms with Crippen molar-refractivity contribution in [2.45, 2.75) is 32.7 Å². The molecule has 4 rings (SSSR count). The van der Waals surface area contributed by atoms with Gasteiger partial charge < -0.3 is 18.5 Å². The third-order valence-electron chi connectivity index (χ3n) is 5.21. The number of carbonyl (C=O) groups excluding carboxylic acids is 1. The highest BCUT2D eigenvalue weighted by Gasteiger charge is 2.28. The van der Waals surface area contributed by atoms with Crippen LogP contribution < -0.4 is 10.5 Å². The van der Waals surface area contributed by atoms with Crippen molar-refractivity contribution in [3.05, 3.63) is 51.9 Å². The highest BCUT2D eigenvalue weighted by molar-refractivity contribution is 5.95. The van der Waals surface area contributed by atoms with Crippen molar-refractivity contribution in [2.24, 2.45) is 0 Å². The van der Waals surface area contributed by atoms with E-state index in [0.29, 0.717) is 48.6 Å². The van der Waals surface area contributed by atoms with Gasteiger partial charge in [-0.2, -0.15) is 0 Å². The number of nitrogens with zero attached hydrogens (tertiary/aromatic N) is 2. The van der Waals surface area contributed by atoms with Gasteiger partial charge in [-0.25, -0.2) is 4.79 Å². The molecule has 0 atom stereocenters. The van der Waals surface area contributed by atoms with E-state index in [2.05, 4.69) is 0 Å². The second-order valence-electron chi connectivity index (χ2n) is 6.92.